The topological polar surface area (TPSA) is 80.1 Å². The summed E-state index contributed by atoms with van der Waals surface area (Å²) in [6.07, 6.45) is -2.40. The molecule has 9 nitrogen and oxygen atoms in total. The van der Waals surface area contributed by atoms with Crippen molar-refractivity contribution in [2.45, 2.75) is 68.8 Å². The fourth-order valence-corrected chi connectivity index (χ4v) is 5.87. The molecule has 3 unspecified atom stereocenters. The summed E-state index contributed by atoms with van der Waals surface area (Å²) in [6, 6.07) is -0.428. The summed E-state index contributed by atoms with van der Waals surface area (Å²) in [6.45, 7) is 1.27. The lowest BCUT2D eigenvalue weighted by molar-refractivity contribution is -0.154. The third-order valence-electron chi connectivity index (χ3n) is 7.51. The predicted molar refractivity (Wildman–Crippen MR) is 110 cm³/mol. The van der Waals surface area contributed by atoms with Gasteiger partial charge in [0.25, 0.3) is 5.56 Å². The van der Waals surface area contributed by atoms with Crippen molar-refractivity contribution in [3.8, 4) is 0 Å². The second-order valence-electron chi connectivity index (χ2n) is 9.63. The van der Waals surface area contributed by atoms with Crippen molar-refractivity contribution in [3.05, 3.63) is 16.4 Å². The Balaban J connectivity index is 1.33. The molecule has 33 heavy (non-hydrogen) atoms. The van der Waals surface area contributed by atoms with Crippen molar-refractivity contribution in [1.82, 2.24) is 14.5 Å². The number of anilines is 2. The number of ether oxygens (including phenoxy) is 2. The number of hydrogen-bond donors (Lipinski definition) is 0. The molecule has 4 saturated heterocycles. The Labute approximate surface area is 188 Å². The van der Waals surface area contributed by atoms with Crippen LogP contribution in [0.2, 0.25) is 0 Å². The van der Waals surface area contributed by atoms with Gasteiger partial charge in [0.1, 0.15) is 18.4 Å². The van der Waals surface area contributed by atoms with Gasteiger partial charge in [-0.1, -0.05) is 0 Å². The van der Waals surface area contributed by atoms with Crippen molar-refractivity contribution in [2.75, 3.05) is 42.6 Å². The first-order valence-corrected chi connectivity index (χ1v) is 11.5. The maximum atomic E-state index is 14.0. The molecule has 180 valence electrons. The summed E-state index contributed by atoms with van der Waals surface area (Å²) in [5.74, 6) is -0.128. The Hall–Kier alpha value is -2.34. The minimum Gasteiger partial charge on any atom is -0.374 e. The third-order valence-corrected chi connectivity index (χ3v) is 7.51. The fourth-order valence-electron chi connectivity index (χ4n) is 5.87. The number of likely N-dealkylation sites (tertiary alicyclic amines) is 1. The van der Waals surface area contributed by atoms with Crippen LogP contribution in [-0.2, 0) is 20.8 Å². The molecule has 0 N–H and O–H groups in total. The first-order chi connectivity index (χ1) is 15.8. The molecule has 4 bridgehead atoms. The number of carbonyl (C=O) groups excluding carboxylic acids is 1. The fraction of sp³-hybridized carbons (Fsp3) is 0.762. The Kier molecular flexibility index (Phi) is 4.88. The van der Waals surface area contributed by atoms with Gasteiger partial charge in [-0.2, -0.15) is 18.2 Å². The summed E-state index contributed by atoms with van der Waals surface area (Å²) in [5, 5.41) is 0. The summed E-state index contributed by atoms with van der Waals surface area (Å²) in [4.78, 5) is 35.0. The van der Waals surface area contributed by atoms with Crippen LogP contribution in [0.5, 0.6) is 0 Å². The molecule has 0 saturated carbocycles. The maximum Gasteiger partial charge on any atom is 0.408 e. The first kappa shape index (κ1) is 21.2. The normalized spacial score (nSPS) is 33.1. The third kappa shape index (κ3) is 3.67. The molecule has 0 aromatic carbocycles. The minimum absolute atomic E-state index is 0.0490. The highest BCUT2D eigenvalue weighted by Gasteiger charge is 2.48. The van der Waals surface area contributed by atoms with Crippen molar-refractivity contribution in [1.29, 1.82) is 0 Å². The van der Waals surface area contributed by atoms with Gasteiger partial charge in [0.05, 0.1) is 31.0 Å². The van der Waals surface area contributed by atoms with Crippen LogP contribution in [0.4, 0.5) is 24.9 Å². The predicted octanol–water partition coefficient (Wildman–Crippen LogP) is 0.752. The lowest BCUT2D eigenvalue weighted by Gasteiger charge is -2.41. The summed E-state index contributed by atoms with van der Waals surface area (Å²) in [5.41, 5.74) is -0.402. The van der Waals surface area contributed by atoms with E-state index in [0.29, 0.717) is 32.1 Å². The van der Waals surface area contributed by atoms with Crippen LogP contribution in [0.1, 0.15) is 25.7 Å². The molecule has 0 radical (unpaired) electrons. The zero-order valence-electron chi connectivity index (χ0n) is 18.0. The maximum absolute atomic E-state index is 14.0. The van der Waals surface area contributed by atoms with Gasteiger partial charge in [-0.25, -0.2) is 0 Å². The van der Waals surface area contributed by atoms with Crippen LogP contribution in [0, 0.1) is 0 Å². The largest absolute Gasteiger partial charge is 0.408 e. The molecular formula is C21H26F3N5O4. The lowest BCUT2D eigenvalue weighted by Crippen LogP contribution is -2.57. The molecular weight excluding hydrogens is 443 g/mol. The van der Waals surface area contributed by atoms with Crippen molar-refractivity contribution >= 4 is 17.7 Å². The number of halogens is 3. The van der Waals surface area contributed by atoms with E-state index in [9.17, 15) is 22.8 Å². The highest BCUT2D eigenvalue weighted by atomic mass is 19.4. The molecule has 6 rings (SSSR count). The molecule has 4 fully saturated rings. The van der Waals surface area contributed by atoms with E-state index in [1.54, 1.807) is 4.90 Å². The van der Waals surface area contributed by atoms with Crippen LogP contribution < -0.4 is 15.4 Å². The average Bonchev–Trinajstić information content (AvgIpc) is 3.49. The lowest BCUT2D eigenvalue weighted by atomic mass is 10.1. The SMILES string of the molecule is O=C(CN1c2nc(N3CC4C[C@H]3CO4)cc(=O)n2CCC1C(F)(F)F)N1CC2CC[C@@H](C1)O2. The quantitative estimate of drug-likeness (QED) is 0.647. The molecule has 1 amide bonds. The minimum atomic E-state index is -4.55. The van der Waals surface area contributed by atoms with Gasteiger partial charge in [0.15, 0.2) is 0 Å². The Morgan fingerprint density at radius 2 is 1.88 bits per heavy atom. The van der Waals surface area contributed by atoms with E-state index >= 15 is 0 Å². The Bertz CT molecular complexity index is 1000. The summed E-state index contributed by atoms with van der Waals surface area (Å²) in [7, 11) is 0. The Morgan fingerprint density at radius 1 is 1.12 bits per heavy atom. The zero-order valence-corrected chi connectivity index (χ0v) is 18.0. The average molecular weight is 469 g/mol. The van der Waals surface area contributed by atoms with Crippen LogP contribution in [-0.4, -0.2) is 89.7 Å². The molecule has 0 spiro atoms. The van der Waals surface area contributed by atoms with Gasteiger partial charge in [0, 0.05) is 32.2 Å². The van der Waals surface area contributed by atoms with E-state index in [2.05, 4.69) is 4.98 Å². The standard InChI is InChI=1S/C21H26F3N5O4/c22-21(23,24)16-3-4-27-18(30)6-17(28-9-15-5-12(28)11-32-15)25-20(27)29(16)10-19(31)26-7-13-1-2-14(8-26)33-13/h6,12-16H,1-5,7-11H2/t12-,13-,14?,15?,16?/m0/s1. The molecule has 12 heteroatoms. The number of alkyl halides is 3. The second-order valence-corrected chi connectivity index (χ2v) is 9.63. The van der Waals surface area contributed by atoms with Crippen LogP contribution in [0.15, 0.2) is 10.9 Å². The van der Waals surface area contributed by atoms with E-state index in [1.165, 1.54) is 10.6 Å². The number of fused-ring (bicyclic) bond motifs is 5. The summed E-state index contributed by atoms with van der Waals surface area (Å²) < 4.78 is 54.6. The van der Waals surface area contributed by atoms with E-state index in [0.717, 1.165) is 24.2 Å². The van der Waals surface area contributed by atoms with E-state index < -0.39 is 30.2 Å². The number of carbonyl (C=O) groups is 1. The highest BCUT2D eigenvalue weighted by Crippen LogP contribution is 2.36. The molecule has 5 aliphatic heterocycles. The van der Waals surface area contributed by atoms with Crippen molar-refractivity contribution < 1.29 is 27.4 Å². The zero-order chi connectivity index (χ0) is 22.9. The van der Waals surface area contributed by atoms with Crippen molar-refractivity contribution in [2.24, 2.45) is 0 Å². The van der Waals surface area contributed by atoms with Crippen LogP contribution in [0.25, 0.3) is 0 Å². The number of hydrogen-bond acceptors (Lipinski definition) is 7. The molecule has 1 aromatic heterocycles. The molecule has 5 atom stereocenters. The number of nitrogens with zero attached hydrogens (tertiary/aromatic N) is 5. The van der Waals surface area contributed by atoms with Gasteiger partial charge in [0.2, 0.25) is 11.9 Å². The monoisotopic (exact) mass is 469 g/mol. The molecule has 5 aliphatic rings. The van der Waals surface area contributed by atoms with E-state index in [4.69, 9.17) is 9.47 Å². The van der Waals surface area contributed by atoms with E-state index in [1.807, 2.05) is 4.90 Å². The van der Waals surface area contributed by atoms with Gasteiger partial charge < -0.3 is 24.2 Å². The Morgan fingerprint density at radius 3 is 2.52 bits per heavy atom. The van der Waals surface area contributed by atoms with Gasteiger partial charge in [-0.15, -0.1) is 0 Å². The smallest absolute Gasteiger partial charge is 0.374 e. The summed E-state index contributed by atoms with van der Waals surface area (Å²) >= 11 is 0. The number of amides is 1. The number of rotatable bonds is 3. The van der Waals surface area contributed by atoms with Gasteiger partial charge in [-0.3, -0.25) is 14.2 Å². The molecule has 6 heterocycles. The second kappa shape index (κ2) is 7.59. The molecule has 0 aliphatic carbocycles. The van der Waals surface area contributed by atoms with Crippen LogP contribution >= 0.6 is 0 Å². The van der Waals surface area contributed by atoms with Gasteiger partial charge >= 0.3 is 6.18 Å². The number of aromatic nitrogens is 2. The number of morpholine rings is 2. The van der Waals surface area contributed by atoms with Gasteiger partial charge in [-0.05, 0) is 25.7 Å². The highest BCUT2D eigenvalue weighted by molar-refractivity contribution is 5.81. The molecule has 1 aromatic rings. The van der Waals surface area contributed by atoms with Crippen molar-refractivity contribution in [3.63, 3.8) is 0 Å². The van der Waals surface area contributed by atoms with E-state index in [-0.39, 0.29) is 43.3 Å². The first-order valence-electron chi connectivity index (χ1n) is 11.5. The van der Waals surface area contributed by atoms with Crippen LogP contribution in [0.3, 0.4) is 0 Å².